The molecule has 2 aliphatic heterocycles. The highest BCUT2D eigenvalue weighted by molar-refractivity contribution is 6.07. The molecule has 4 rings (SSSR count). The highest BCUT2D eigenvalue weighted by Gasteiger charge is 2.56. The monoisotopic (exact) mass is 589 g/mol. The Labute approximate surface area is 252 Å². The topological polar surface area (TPSA) is 131 Å². The number of likely N-dealkylation sites (tertiary alicyclic amines) is 1. The van der Waals surface area contributed by atoms with E-state index in [2.05, 4.69) is 22.0 Å². The number of nitrogens with one attached hydrogen (secondary N) is 3. The first-order valence-corrected chi connectivity index (χ1v) is 14.5. The van der Waals surface area contributed by atoms with E-state index in [9.17, 15) is 28.8 Å². The average molecular weight is 590 g/mol. The fraction of sp³-hybridized carbons (Fsp3) is 0.485. The standard InChI is InChI=1S/C33H40FN5O4/c1-31(2,3)16-25(36-27(40)20-11-13-21(34)14-12-20)28(41)37-26(17-32(4,5)6)29(42)39-19-33(15-22(39)18-35)23-9-7-8-10-24(23)38-30(33)43/h7-14,22,25-26H,15-17,19H2,1-6H3,(H,36,40)(H,37,41)(H,38,43)/t22-,25-,26-,33-/m0/s1. The zero-order chi connectivity index (χ0) is 31.7. The molecule has 10 heteroatoms. The van der Waals surface area contributed by atoms with Crippen LogP contribution in [0.25, 0.3) is 0 Å². The van der Waals surface area contributed by atoms with Crippen LogP contribution in [-0.4, -0.2) is 53.2 Å². The first-order valence-electron chi connectivity index (χ1n) is 14.5. The summed E-state index contributed by atoms with van der Waals surface area (Å²) in [6.07, 6.45) is 0.678. The lowest BCUT2D eigenvalue weighted by Crippen LogP contribution is -2.56. The quantitative estimate of drug-likeness (QED) is 0.443. The van der Waals surface area contributed by atoms with Crippen molar-refractivity contribution in [1.82, 2.24) is 15.5 Å². The summed E-state index contributed by atoms with van der Waals surface area (Å²) in [4.78, 5) is 55.6. The van der Waals surface area contributed by atoms with Crippen molar-refractivity contribution in [1.29, 1.82) is 5.26 Å². The van der Waals surface area contributed by atoms with Gasteiger partial charge in [-0.3, -0.25) is 19.2 Å². The maximum atomic E-state index is 14.2. The van der Waals surface area contributed by atoms with Gasteiger partial charge in [-0.2, -0.15) is 5.26 Å². The summed E-state index contributed by atoms with van der Waals surface area (Å²) >= 11 is 0. The minimum Gasteiger partial charge on any atom is -0.342 e. The minimum absolute atomic E-state index is 0.0101. The summed E-state index contributed by atoms with van der Waals surface area (Å²) in [5.41, 5.74) is -0.189. The van der Waals surface area contributed by atoms with Crippen molar-refractivity contribution in [3.05, 3.63) is 65.5 Å². The van der Waals surface area contributed by atoms with E-state index in [1.165, 1.54) is 29.2 Å². The number of halogens is 1. The van der Waals surface area contributed by atoms with Crippen LogP contribution in [0.1, 0.15) is 76.7 Å². The van der Waals surface area contributed by atoms with E-state index >= 15 is 0 Å². The summed E-state index contributed by atoms with van der Waals surface area (Å²) in [6.45, 7) is 11.6. The van der Waals surface area contributed by atoms with Crippen molar-refractivity contribution in [2.75, 3.05) is 11.9 Å². The van der Waals surface area contributed by atoms with Crippen molar-refractivity contribution in [2.24, 2.45) is 10.8 Å². The first-order chi connectivity index (χ1) is 20.0. The largest absolute Gasteiger partial charge is 0.342 e. The third-order valence-corrected chi connectivity index (χ3v) is 7.89. The molecule has 0 bridgehead atoms. The van der Waals surface area contributed by atoms with Gasteiger partial charge in [0.25, 0.3) is 5.91 Å². The van der Waals surface area contributed by atoms with Crippen LogP contribution < -0.4 is 16.0 Å². The molecule has 4 amide bonds. The van der Waals surface area contributed by atoms with Gasteiger partial charge in [0.2, 0.25) is 17.7 Å². The number of nitriles is 1. The average Bonchev–Trinajstić information content (AvgIpc) is 3.44. The van der Waals surface area contributed by atoms with Crippen molar-refractivity contribution >= 4 is 29.3 Å². The van der Waals surface area contributed by atoms with Gasteiger partial charge in [-0.05, 0) is 59.6 Å². The molecule has 2 aromatic rings. The second kappa shape index (κ2) is 11.8. The molecule has 4 atom stereocenters. The van der Waals surface area contributed by atoms with Gasteiger partial charge in [-0.15, -0.1) is 0 Å². The Balaban J connectivity index is 1.60. The molecule has 0 unspecified atom stereocenters. The second-order valence-corrected chi connectivity index (χ2v) is 14.0. The Morgan fingerprint density at radius 3 is 2.21 bits per heavy atom. The fourth-order valence-electron chi connectivity index (χ4n) is 5.94. The van der Waals surface area contributed by atoms with Gasteiger partial charge in [-0.25, -0.2) is 4.39 Å². The van der Waals surface area contributed by atoms with Gasteiger partial charge in [-0.1, -0.05) is 59.7 Å². The van der Waals surface area contributed by atoms with E-state index in [-0.39, 0.29) is 48.1 Å². The van der Waals surface area contributed by atoms with E-state index in [1.54, 1.807) is 6.07 Å². The lowest BCUT2D eigenvalue weighted by molar-refractivity contribution is -0.138. The molecule has 2 heterocycles. The number of fused-ring (bicyclic) bond motifs is 2. The number of rotatable bonds is 7. The molecule has 1 saturated heterocycles. The molecule has 9 nitrogen and oxygen atoms in total. The maximum Gasteiger partial charge on any atom is 0.251 e. The number of amides is 4. The molecule has 2 aromatic carbocycles. The van der Waals surface area contributed by atoms with Crippen LogP contribution in [0, 0.1) is 28.0 Å². The van der Waals surface area contributed by atoms with Crippen LogP contribution >= 0.6 is 0 Å². The first kappa shape index (κ1) is 31.7. The van der Waals surface area contributed by atoms with Crippen LogP contribution in [-0.2, 0) is 19.8 Å². The van der Waals surface area contributed by atoms with Crippen LogP contribution in [0.3, 0.4) is 0 Å². The molecular formula is C33H40FN5O4. The lowest BCUT2D eigenvalue weighted by atomic mass is 9.80. The molecule has 3 N–H and O–H groups in total. The summed E-state index contributed by atoms with van der Waals surface area (Å²) < 4.78 is 13.4. The van der Waals surface area contributed by atoms with Crippen LogP contribution in [0.4, 0.5) is 10.1 Å². The van der Waals surface area contributed by atoms with Gasteiger partial charge in [0, 0.05) is 24.2 Å². The molecule has 228 valence electrons. The normalized spacial score (nSPS) is 21.0. The number of para-hydroxylation sites is 1. The zero-order valence-corrected chi connectivity index (χ0v) is 25.6. The zero-order valence-electron chi connectivity index (χ0n) is 25.6. The maximum absolute atomic E-state index is 14.2. The van der Waals surface area contributed by atoms with E-state index < -0.39 is 47.1 Å². The summed E-state index contributed by atoms with van der Waals surface area (Å²) in [5.74, 6) is -2.28. The minimum atomic E-state index is -1.05. The molecule has 0 radical (unpaired) electrons. The number of carbonyl (C=O) groups is 4. The Hall–Kier alpha value is -4.26. The van der Waals surface area contributed by atoms with Crippen molar-refractivity contribution in [3.8, 4) is 6.07 Å². The Morgan fingerprint density at radius 2 is 1.60 bits per heavy atom. The van der Waals surface area contributed by atoms with Crippen LogP contribution in [0.5, 0.6) is 0 Å². The number of hydrogen-bond donors (Lipinski definition) is 3. The number of carbonyl (C=O) groups excluding carboxylic acids is 4. The number of hydrogen-bond acceptors (Lipinski definition) is 5. The molecule has 1 fully saturated rings. The Bertz CT molecular complexity index is 1450. The van der Waals surface area contributed by atoms with Crippen molar-refractivity contribution in [3.63, 3.8) is 0 Å². The summed E-state index contributed by atoms with van der Waals surface area (Å²) in [7, 11) is 0. The summed E-state index contributed by atoms with van der Waals surface area (Å²) in [6, 6.07) is 11.6. The van der Waals surface area contributed by atoms with E-state index in [4.69, 9.17) is 0 Å². The molecular weight excluding hydrogens is 549 g/mol. The third-order valence-electron chi connectivity index (χ3n) is 7.89. The van der Waals surface area contributed by atoms with E-state index in [0.717, 1.165) is 5.56 Å². The molecule has 2 aliphatic rings. The smallest absolute Gasteiger partial charge is 0.251 e. The van der Waals surface area contributed by atoms with E-state index in [1.807, 2.05) is 59.7 Å². The van der Waals surface area contributed by atoms with Crippen molar-refractivity contribution < 1.29 is 23.6 Å². The van der Waals surface area contributed by atoms with E-state index in [0.29, 0.717) is 5.69 Å². The Morgan fingerprint density at radius 1 is 1.00 bits per heavy atom. The molecule has 0 aliphatic carbocycles. The van der Waals surface area contributed by atoms with Gasteiger partial charge in [0.05, 0.1) is 11.5 Å². The highest BCUT2D eigenvalue weighted by Crippen LogP contribution is 2.46. The fourth-order valence-corrected chi connectivity index (χ4v) is 5.94. The lowest BCUT2D eigenvalue weighted by Gasteiger charge is -2.33. The number of benzene rings is 2. The predicted octanol–water partition coefficient (Wildman–Crippen LogP) is 4.30. The van der Waals surface area contributed by atoms with Gasteiger partial charge < -0.3 is 20.9 Å². The van der Waals surface area contributed by atoms with Crippen LogP contribution in [0.2, 0.25) is 0 Å². The predicted molar refractivity (Wildman–Crippen MR) is 160 cm³/mol. The molecule has 43 heavy (non-hydrogen) atoms. The molecule has 0 aromatic heterocycles. The van der Waals surface area contributed by atoms with Gasteiger partial charge >= 0.3 is 0 Å². The van der Waals surface area contributed by atoms with Gasteiger partial charge in [0.15, 0.2) is 0 Å². The summed E-state index contributed by atoms with van der Waals surface area (Å²) in [5, 5.41) is 18.6. The number of anilines is 1. The third kappa shape index (κ3) is 7.04. The SMILES string of the molecule is CC(C)(C)C[C@H](NC(=O)c1ccc(F)cc1)C(=O)N[C@@H](CC(C)(C)C)C(=O)N1C[C@]2(C[C@H]1C#N)C(=O)Nc1ccccc12. The number of nitrogens with zero attached hydrogens (tertiary/aromatic N) is 2. The van der Waals surface area contributed by atoms with Crippen molar-refractivity contribution in [2.45, 2.75) is 84.3 Å². The molecule has 1 spiro atoms. The highest BCUT2D eigenvalue weighted by atomic mass is 19.1. The van der Waals surface area contributed by atoms with Gasteiger partial charge in [0.1, 0.15) is 23.9 Å². The van der Waals surface area contributed by atoms with Crippen LogP contribution in [0.15, 0.2) is 48.5 Å². The second-order valence-electron chi connectivity index (χ2n) is 14.0. The molecule has 0 saturated carbocycles. The Kier molecular flexibility index (Phi) is 8.68.